The minimum absolute atomic E-state index is 0. The Kier molecular flexibility index (Phi) is 8.00. The molecule has 0 aromatic carbocycles. The quantitative estimate of drug-likeness (QED) is 0.293. The molecule has 0 saturated carbocycles. The van der Waals surface area contributed by atoms with E-state index in [0.717, 1.165) is 0 Å². The van der Waals surface area contributed by atoms with Gasteiger partial charge in [0.15, 0.2) is 10.3 Å². The number of thiocarbonyl (C=S) groups is 1. The predicted molar refractivity (Wildman–Crippen MR) is 48.4 cm³/mol. The maximum Gasteiger partial charge on any atom is 0.169 e. The van der Waals surface area contributed by atoms with Gasteiger partial charge in [0.25, 0.3) is 0 Å². The Labute approximate surface area is 69.7 Å². The standard InChI is InChI=1S/C3H7N3S2.ClH/c1-8-3(5)6-2(4)7;/h1H3,(H4,4,5,6,7);1H. The summed E-state index contributed by atoms with van der Waals surface area (Å²) in [5.41, 5.74) is 5.04. The van der Waals surface area contributed by atoms with Crippen molar-refractivity contribution in [1.29, 1.82) is 5.41 Å². The van der Waals surface area contributed by atoms with Crippen LogP contribution >= 0.6 is 36.4 Å². The van der Waals surface area contributed by atoms with Crippen LogP contribution in [0.2, 0.25) is 0 Å². The average molecular weight is 186 g/mol. The first-order valence-corrected chi connectivity index (χ1v) is 3.49. The number of nitrogens with two attached hydrogens (primary N) is 1. The van der Waals surface area contributed by atoms with Crippen LogP contribution in [-0.2, 0) is 0 Å². The molecule has 0 aliphatic rings. The molecule has 0 amide bonds. The number of halogens is 1. The molecule has 0 atom stereocenters. The molecule has 4 N–H and O–H groups in total. The maximum atomic E-state index is 6.95. The second-order valence-electron chi connectivity index (χ2n) is 1.02. The molecule has 0 aliphatic carbocycles. The molecule has 0 spiro atoms. The molecule has 0 radical (unpaired) electrons. The van der Waals surface area contributed by atoms with E-state index in [-0.39, 0.29) is 22.7 Å². The van der Waals surface area contributed by atoms with E-state index in [1.54, 1.807) is 6.26 Å². The van der Waals surface area contributed by atoms with Crippen LogP contribution in [0.4, 0.5) is 0 Å². The lowest BCUT2D eigenvalue weighted by Crippen LogP contribution is -2.32. The fourth-order valence-corrected chi connectivity index (χ4v) is 0.542. The number of rotatable bonds is 0. The topological polar surface area (TPSA) is 61.9 Å². The highest BCUT2D eigenvalue weighted by atomic mass is 35.5. The summed E-state index contributed by atoms with van der Waals surface area (Å²) in [6.07, 6.45) is 1.77. The third-order valence-corrected chi connectivity index (χ3v) is 1.05. The van der Waals surface area contributed by atoms with Crippen molar-refractivity contribution in [3.8, 4) is 0 Å². The maximum absolute atomic E-state index is 6.95. The second kappa shape index (κ2) is 6.12. The van der Waals surface area contributed by atoms with Crippen molar-refractivity contribution in [2.45, 2.75) is 0 Å². The van der Waals surface area contributed by atoms with Crippen molar-refractivity contribution in [3.63, 3.8) is 0 Å². The van der Waals surface area contributed by atoms with Crippen molar-refractivity contribution in [2.75, 3.05) is 6.26 Å². The Morgan fingerprint density at radius 2 is 2.22 bits per heavy atom. The van der Waals surface area contributed by atoms with E-state index < -0.39 is 0 Å². The third kappa shape index (κ3) is 8.00. The number of amidine groups is 1. The molecule has 0 saturated heterocycles. The summed E-state index contributed by atoms with van der Waals surface area (Å²) in [6, 6.07) is 0. The Bertz CT molecular complexity index is 116. The first-order chi connectivity index (χ1) is 3.66. The molecular weight excluding hydrogens is 178 g/mol. The Morgan fingerprint density at radius 1 is 1.78 bits per heavy atom. The highest BCUT2D eigenvalue weighted by Crippen LogP contribution is 1.88. The Hall–Kier alpha value is -0.0000000000000000555. The summed E-state index contributed by atoms with van der Waals surface area (Å²) in [5, 5.41) is 9.82. The van der Waals surface area contributed by atoms with Gasteiger partial charge in [0.05, 0.1) is 0 Å². The summed E-state index contributed by atoms with van der Waals surface area (Å²) in [4.78, 5) is 0. The van der Waals surface area contributed by atoms with Crippen LogP contribution in [0.5, 0.6) is 0 Å². The lowest BCUT2D eigenvalue weighted by molar-refractivity contribution is 1.34. The second-order valence-corrected chi connectivity index (χ2v) is 2.28. The molecule has 9 heavy (non-hydrogen) atoms. The monoisotopic (exact) mass is 185 g/mol. The van der Waals surface area contributed by atoms with E-state index in [1.807, 2.05) is 0 Å². The number of hydrogen-bond acceptors (Lipinski definition) is 3. The van der Waals surface area contributed by atoms with Crippen molar-refractivity contribution < 1.29 is 0 Å². The van der Waals surface area contributed by atoms with Crippen molar-refractivity contribution in [2.24, 2.45) is 5.73 Å². The van der Waals surface area contributed by atoms with Gasteiger partial charge in [-0.2, -0.15) is 0 Å². The minimum Gasteiger partial charge on any atom is -0.376 e. The summed E-state index contributed by atoms with van der Waals surface area (Å²) >= 11 is 5.71. The summed E-state index contributed by atoms with van der Waals surface area (Å²) in [5.74, 6) is 0. The summed E-state index contributed by atoms with van der Waals surface area (Å²) in [6.45, 7) is 0. The summed E-state index contributed by atoms with van der Waals surface area (Å²) in [7, 11) is 0. The van der Waals surface area contributed by atoms with E-state index in [9.17, 15) is 0 Å². The van der Waals surface area contributed by atoms with Gasteiger partial charge in [-0.15, -0.1) is 12.4 Å². The van der Waals surface area contributed by atoms with Crippen molar-refractivity contribution in [1.82, 2.24) is 5.32 Å². The Morgan fingerprint density at radius 3 is 2.33 bits per heavy atom. The van der Waals surface area contributed by atoms with Crippen LogP contribution in [0, 0.1) is 5.41 Å². The van der Waals surface area contributed by atoms with Gasteiger partial charge in [-0.25, -0.2) is 0 Å². The molecule has 3 nitrogen and oxygen atoms in total. The van der Waals surface area contributed by atoms with Crippen LogP contribution in [-0.4, -0.2) is 16.5 Å². The minimum atomic E-state index is 0. The smallest absolute Gasteiger partial charge is 0.169 e. The summed E-state index contributed by atoms with van der Waals surface area (Å²) < 4.78 is 0. The number of hydrogen-bond donors (Lipinski definition) is 3. The normalized spacial score (nSPS) is 7.22. The average Bonchev–Trinajstić information content (AvgIpc) is 1.65. The van der Waals surface area contributed by atoms with Gasteiger partial charge in [0.1, 0.15) is 0 Å². The van der Waals surface area contributed by atoms with Gasteiger partial charge < -0.3 is 11.1 Å². The van der Waals surface area contributed by atoms with Crippen molar-refractivity contribution in [3.05, 3.63) is 0 Å². The molecule has 0 aromatic rings. The first kappa shape index (κ1) is 11.8. The third-order valence-electron chi connectivity index (χ3n) is 0.441. The van der Waals surface area contributed by atoms with E-state index in [1.165, 1.54) is 11.8 Å². The largest absolute Gasteiger partial charge is 0.376 e. The Balaban J connectivity index is 0. The predicted octanol–water partition coefficient (Wildman–Crippen LogP) is 0.539. The van der Waals surface area contributed by atoms with Gasteiger partial charge >= 0.3 is 0 Å². The molecule has 0 rings (SSSR count). The van der Waals surface area contributed by atoms with Gasteiger partial charge in [0.2, 0.25) is 0 Å². The van der Waals surface area contributed by atoms with Gasteiger partial charge in [-0.3, -0.25) is 5.41 Å². The molecule has 0 unspecified atom stereocenters. The molecule has 0 bridgehead atoms. The first-order valence-electron chi connectivity index (χ1n) is 1.86. The number of nitrogens with one attached hydrogen (secondary N) is 2. The van der Waals surface area contributed by atoms with Crippen LogP contribution < -0.4 is 11.1 Å². The number of thioether (sulfide) groups is 1. The molecule has 6 heteroatoms. The highest BCUT2D eigenvalue weighted by molar-refractivity contribution is 8.13. The van der Waals surface area contributed by atoms with Crippen LogP contribution in [0.25, 0.3) is 0 Å². The molecule has 0 aromatic heterocycles. The molecule has 0 aliphatic heterocycles. The van der Waals surface area contributed by atoms with Gasteiger partial charge in [-0.05, 0) is 18.5 Å². The zero-order valence-corrected chi connectivity index (χ0v) is 7.25. The zero-order chi connectivity index (χ0) is 6.57. The van der Waals surface area contributed by atoms with E-state index in [4.69, 9.17) is 11.1 Å². The van der Waals surface area contributed by atoms with Crippen LogP contribution in [0.3, 0.4) is 0 Å². The van der Waals surface area contributed by atoms with Crippen LogP contribution in [0.15, 0.2) is 0 Å². The molecule has 54 valence electrons. The fourth-order valence-electron chi connectivity index (χ4n) is 0.163. The van der Waals surface area contributed by atoms with Gasteiger partial charge in [-0.1, -0.05) is 11.8 Å². The molecule has 0 fully saturated rings. The lowest BCUT2D eigenvalue weighted by Gasteiger charge is -1.98. The SMILES string of the molecule is CSC(=N)NC(N)=S.Cl. The lowest BCUT2D eigenvalue weighted by atomic mass is 11.0. The molecule has 0 heterocycles. The van der Waals surface area contributed by atoms with Crippen LogP contribution in [0.1, 0.15) is 0 Å². The van der Waals surface area contributed by atoms with E-state index >= 15 is 0 Å². The zero-order valence-electron chi connectivity index (χ0n) is 4.80. The van der Waals surface area contributed by atoms with E-state index in [0.29, 0.717) is 0 Å². The molecular formula is C3H8ClN3S2. The van der Waals surface area contributed by atoms with E-state index in [2.05, 4.69) is 17.5 Å². The highest BCUT2D eigenvalue weighted by Gasteiger charge is 1.90. The fraction of sp³-hybridized carbons (Fsp3) is 0.333. The van der Waals surface area contributed by atoms with Gasteiger partial charge in [0, 0.05) is 0 Å². The van der Waals surface area contributed by atoms with Crippen molar-refractivity contribution >= 4 is 46.7 Å².